The summed E-state index contributed by atoms with van der Waals surface area (Å²) >= 11 is 0. The molecule has 0 spiro atoms. The molecule has 2 aromatic rings. The van der Waals surface area contributed by atoms with Gasteiger partial charge in [-0.15, -0.1) is 0 Å². The fraction of sp³-hybridized carbons (Fsp3) is 0.333. The minimum atomic E-state index is -0.295. The molecule has 0 N–H and O–H groups in total. The molecule has 0 radical (unpaired) electrons. The molecule has 1 aromatic heterocycles. The second kappa shape index (κ2) is 7.72. The van der Waals surface area contributed by atoms with Crippen LogP contribution in [0.25, 0.3) is 11.3 Å². The Morgan fingerprint density at radius 3 is 2.65 bits per heavy atom. The van der Waals surface area contributed by atoms with E-state index in [1.54, 1.807) is 23.2 Å². The van der Waals surface area contributed by atoms with E-state index in [9.17, 15) is 9.18 Å². The Morgan fingerprint density at radius 2 is 2.04 bits per heavy atom. The highest BCUT2D eigenvalue weighted by Crippen LogP contribution is 2.21. The van der Waals surface area contributed by atoms with Crippen LogP contribution in [0.2, 0.25) is 0 Å². The molecule has 122 valence electrons. The van der Waals surface area contributed by atoms with Gasteiger partial charge in [0.1, 0.15) is 5.82 Å². The topological polar surface area (TPSA) is 46.3 Å². The van der Waals surface area contributed by atoms with E-state index in [4.69, 9.17) is 4.42 Å². The van der Waals surface area contributed by atoms with Gasteiger partial charge in [-0.05, 0) is 38.1 Å². The van der Waals surface area contributed by atoms with Gasteiger partial charge < -0.3 is 9.32 Å². The van der Waals surface area contributed by atoms with Crippen LogP contribution in [0, 0.1) is 5.82 Å². The number of amides is 1. The summed E-state index contributed by atoms with van der Waals surface area (Å²) in [6.07, 6.45) is 2.37. The van der Waals surface area contributed by atoms with Crippen molar-refractivity contribution in [3.63, 3.8) is 0 Å². The third-order valence-corrected chi connectivity index (χ3v) is 3.43. The van der Waals surface area contributed by atoms with Crippen LogP contribution in [-0.2, 0) is 11.2 Å². The van der Waals surface area contributed by atoms with Gasteiger partial charge in [0.05, 0.1) is 6.20 Å². The number of carbonyl (C=O) groups excluding carboxylic acids is 1. The van der Waals surface area contributed by atoms with Crippen molar-refractivity contribution < 1.29 is 13.6 Å². The van der Waals surface area contributed by atoms with E-state index in [0.29, 0.717) is 37.6 Å². The van der Waals surface area contributed by atoms with Crippen molar-refractivity contribution in [2.45, 2.75) is 26.7 Å². The van der Waals surface area contributed by atoms with Gasteiger partial charge in [0.25, 0.3) is 0 Å². The van der Waals surface area contributed by atoms with Gasteiger partial charge in [-0.25, -0.2) is 9.37 Å². The molecule has 0 saturated heterocycles. The van der Waals surface area contributed by atoms with Crippen molar-refractivity contribution >= 4 is 5.91 Å². The highest BCUT2D eigenvalue weighted by Gasteiger charge is 2.14. The van der Waals surface area contributed by atoms with Crippen LogP contribution in [-0.4, -0.2) is 28.9 Å². The lowest BCUT2D eigenvalue weighted by Gasteiger charge is -2.20. The summed E-state index contributed by atoms with van der Waals surface area (Å²) in [5, 5.41) is 0. The van der Waals surface area contributed by atoms with Crippen LogP contribution >= 0.6 is 0 Å². The average molecular weight is 316 g/mol. The fourth-order valence-electron chi connectivity index (χ4n) is 2.25. The quantitative estimate of drug-likeness (QED) is 0.729. The summed E-state index contributed by atoms with van der Waals surface area (Å²) in [6, 6.07) is 6.02. The highest BCUT2D eigenvalue weighted by molar-refractivity contribution is 5.76. The lowest BCUT2D eigenvalue weighted by molar-refractivity contribution is -0.130. The molecule has 1 amide bonds. The Bertz CT molecular complexity index is 677. The lowest BCUT2D eigenvalue weighted by Crippen LogP contribution is -2.32. The van der Waals surface area contributed by atoms with E-state index in [-0.39, 0.29) is 11.7 Å². The first-order chi connectivity index (χ1) is 11.0. The summed E-state index contributed by atoms with van der Waals surface area (Å²) in [5.74, 6) is 0.832. The van der Waals surface area contributed by atoms with E-state index in [0.717, 1.165) is 11.1 Å². The Labute approximate surface area is 135 Å². The minimum Gasteiger partial charge on any atom is -0.441 e. The van der Waals surface area contributed by atoms with E-state index in [1.807, 2.05) is 13.8 Å². The van der Waals surface area contributed by atoms with E-state index in [1.165, 1.54) is 12.1 Å². The Kier molecular flexibility index (Phi) is 5.68. The molecule has 5 heteroatoms. The molecule has 0 bridgehead atoms. The molecule has 0 aliphatic rings. The van der Waals surface area contributed by atoms with Gasteiger partial charge in [0, 0.05) is 31.5 Å². The van der Waals surface area contributed by atoms with Crippen molar-refractivity contribution in [2.75, 3.05) is 13.1 Å². The van der Waals surface area contributed by atoms with Gasteiger partial charge in [-0.3, -0.25) is 4.79 Å². The van der Waals surface area contributed by atoms with Crippen molar-refractivity contribution in [1.29, 1.82) is 0 Å². The molecule has 1 heterocycles. The smallest absolute Gasteiger partial charge is 0.223 e. The number of oxazole rings is 1. The third-order valence-electron chi connectivity index (χ3n) is 3.43. The zero-order valence-electron chi connectivity index (χ0n) is 13.5. The Hall–Kier alpha value is -2.43. The average Bonchev–Trinajstić information content (AvgIpc) is 2.99. The number of benzene rings is 1. The van der Waals surface area contributed by atoms with Gasteiger partial charge in [-0.2, -0.15) is 0 Å². The number of halogens is 1. The number of hydrogen-bond acceptors (Lipinski definition) is 3. The van der Waals surface area contributed by atoms with Crippen molar-refractivity contribution in [2.24, 2.45) is 0 Å². The standard InChI is InChI=1S/C18H21FN2O2/c1-4-21(12-13(2)3)18(22)10-9-17-20-11-16(23-17)14-5-7-15(19)8-6-14/h5-8,11H,2,4,9-10,12H2,1,3H3. The molecule has 0 aliphatic heterocycles. The van der Waals surface area contributed by atoms with Crippen LogP contribution in [0.15, 0.2) is 47.0 Å². The molecule has 1 aromatic carbocycles. The summed E-state index contributed by atoms with van der Waals surface area (Å²) in [5.41, 5.74) is 1.71. The first-order valence-corrected chi connectivity index (χ1v) is 7.62. The SMILES string of the molecule is C=C(C)CN(CC)C(=O)CCc1ncc(-c2ccc(F)cc2)o1. The van der Waals surface area contributed by atoms with Gasteiger partial charge in [0.15, 0.2) is 11.7 Å². The summed E-state index contributed by atoms with van der Waals surface area (Å²) in [6.45, 7) is 8.90. The maximum atomic E-state index is 12.9. The van der Waals surface area contributed by atoms with Crippen molar-refractivity contribution in [1.82, 2.24) is 9.88 Å². The molecule has 23 heavy (non-hydrogen) atoms. The molecular formula is C18H21FN2O2. The number of carbonyl (C=O) groups is 1. The highest BCUT2D eigenvalue weighted by atomic mass is 19.1. The number of aryl methyl sites for hydroxylation is 1. The Balaban J connectivity index is 1.95. The maximum Gasteiger partial charge on any atom is 0.223 e. The number of rotatable bonds is 7. The molecule has 0 fully saturated rings. The number of hydrogen-bond donors (Lipinski definition) is 0. The predicted molar refractivity (Wildman–Crippen MR) is 87.3 cm³/mol. The number of aromatic nitrogens is 1. The molecule has 2 rings (SSSR count). The van der Waals surface area contributed by atoms with Gasteiger partial charge in [-0.1, -0.05) is 12.2 Å². The van der Waals surface area contributed by atoms with Crippen molar-refractivity contribution in [3.8, 4) is 11.3 Å². The van der Waals surface area contributed by atoms with E-state index < -0.39 is 0 Å². The second-order valence-electron chi connectivity index (χ2n) is 5.49. The fourth-order valence-corrected chi connectivity index (χ4v) is 2.25. The first kappa shape index (κ1) is 16.9. The molecule has 0 atom stereocenters. The number of likely N-dealkylation sites (N-methyl/N-ethyl adjacent to an activating group) is 1. The largest absolute Gasteiger partial charge is 0.441 e. The summed E-state index contributed by atoms with van der Waals surface area (Å²) < 4.78 is 18.6. The molecule has 0 saturated carbocycles. The Morgan fingerprint density at radius 1 is 1.35 bits per heavy atom. The molecule has 0 unspecified atom stereocenters. The normalized spacial score (nSPS) is 10.6. The summed E-state index contributed by atoms with van der Waals surface area (Å²) in [7, 11) is 0. The molecule has 4 nitrogen and oxygen atoms in total. The second-order valence-corrected chi connectivity index (χ2v) is 5.49. The zero-order chi connectivity index (χ0) is 16.8. The minimum absolute atomic E-state index is 0.0528. The van der Waals surface area contributed by atoms with Crippen LogP contribution < -0.4 is 0 Å². The summed E-state index contributed by atoms with van der Waals surface area (Å²) in [4.78, 5) is 18.1. The van der Waals surface area contributed by atoms with Crippen LogP contribution in [0.3, 0.4) is 0 Å². The van der Waals surface area contributed by atoms with Crippen LogP contribution in [0.5, 0.6) is 0 Å². The van der Waals surface area contributed by atoms with Crippen LogP contribution in [0.1, 0.15) is 26.2 Å². The van der Waals surface area contributed by atoms with Gasteiger partial charge >= 0.3 is 0 Å². The van der Waals surface area contributed by atoms with Crippen LogP contribution in [0.4, 0.5) is 4.39 Å². The maximum absolute atomic E-state index is 12.9. The van der Waals surface area contributed by atoms with E-state index >= 15 is 0 Å². The first-order valence-electron chi connectivity index (χ1n) is 7.62. The zero-order valence-corrected chi connectivity index (χ0v) is 13.5. The lowest BCUT2D eigenvalue weighted by atomic mass is 10.2. The van der Waals surface area contributed by atoms with Crippen molar-refractivity contribution in [3.05, 3.63) is 54.3 Å². The number of nitrogens with zero attached hydrogens (tertiary/aromatic N) is 2. The monoisotopic (exact) mass is 316 g/mol. The third kappa shape index (κ3) is 4.77. The van der Waals surface area contributed by atoms with Gasteiger partial charge in [0.2, 0.25) is 5.91 Å². The predicted octanol–water partition coefficient (Wildman–Crippen LogP) is 3.84. The van der Waals surface area contributed by atoms with E-state index in [2.05, 4.69) is 11.6 Å². The molecule has 0 aliphatic carbocycles. The molecular weight excluding hydrogens is 295 g/mol.